The molecule has 2 heterocycles. The summed E-state index contributed by atoms with van der Waals surface area (Å²) in [5, 5.41) is 6.95. The van der Waals surface area contributed by atoms with Crippen molar-refractivity contribution in [2.75, 3.05) is 31.6 Å². The van der Waals surface area contributed by atoms with Crippen LogP contribution in [0.2, 0.25) is 5.02 Å². The molecule has 9 heteroatoms. The minimum Gasteiger partial charge on any atom is -0.380 e. The minimum atomic E-state index is -0.892. The lowest BCUT2D eigenvalue weighted by Crippen LogP contribution is -2.46. The van der Waals surface area contributed by atoms with E-state index in [1.165, 1.54) is 19.0 Å². The predicted molar refractivity (Wildman–Crippen MR) is 97.6 cm³/mol. The highest BCUT2D eigenvalue weighted by molar-refractivity contribution is 6.32. The molecule has 1 N–H and O–H groups in total. The molecule has 6 nitrogen and oxygen atoms in total. The van der Waals surface area contributed by atoms with Crippen LogP contribution >= 0.6 is 11.6 Å². The average molecular weight is 397 g/mol. The number of nitrogens with zero attached hydrogens (tertiary/aromatic N) is 3. The maximum Gasteiger partial charge on any atom is 0.292 e. The summed E-state index contributed by atoms with van der Waals surface area (Å²) in [7, 11) is 0. The van der Waals surface area contributed by atoms with Crippen LogP contribution in [0.3, 0.4) is 0 Å². The molecule has 1 aliphatic carbocycles. The molecule has 1 aliphatic heterocycles. The fourth-order valence-electron chi connectivity index (χ4n) is 3.24. The molecule has 0 spiro atoms. The van der Waals surface area contributed by atoms with Crippen molar-refractivity contribution in [1.82, 2.24) is 14.7 Å². The second-order valence-electron chi connectivity index (χ2n) is 6.78. The molecule has 1 aromatic heterocycles. The Morgan fingerprint density at radius 2 is 2.15 bits per heavy atom. The fraction of sp³-hybridized carbons (Fsp3) is 0.444. The topological polar surface area (TPSA) is 59.4 Å². The third-order valence-electron chi connectivity index (χ3n) is 4.81. The van der Waals surface area contributed by atoms with Gasteiger partial charge in [-0.15, -0.1) is 0 Å². The Hall–Kier alpha value is -2.03. The number of nitrogens with one attached hydrogen (secondary N) is 1. The third-order valence-corrected chi connectivity index (χ3v) is 5.18. The first-order chi connectivity index (χ1) is 13.0. The molecule has 144 valence electrons. The van der Waals surface area contributed by atoms with Crippen LogP contribution in [-0.2, 0) is 4.74 Å². The second kappa shape index (κ2) is 7.53. The van der Waals surface area contributed by atoms with Gasteiger partial charge < -0.3 is 10.1 Å². The van der Waals surface area contributed by atoms with E-state index in [1.54, 1.807) is 0 Å². The summed E-state index contributed by atoms with van der Waals surface area (Å²) >= 11 is 6.16. The number of rotatable bonds is 5. The molecule has 0 radical (unpaired) electrons. The lowest BCUT2D eigenvalue weighted by Gasteiger charge is -2.33. The van der Waals surface area contributed by atoms with Gasteiger partial charge >= 0.3 is 0 Å². The number of hydrogen-bond donors (Lipinski definition) is 1. The number of aromatic nitrogens is 2. The summed E-state index contributed by atoms with van der Waals surface area (Å²) in [6, 6.07) is 3.56. The number of hydrogen-bond acceptors (Lipinski definition) is 5. The molecular weight excluding hydrogens is 378 g/mol. The van der Waals surface area contributed by atoms with Crippen molar-refractivity contribution >= 4 is 17.3 Å². The van der Waals surface area contributed by atoms with E-state index in [0.717, 1.165) is 29.9 Å². The molecule has 1 saturated heterocycles. The number of ether oxygens (including phenoxy) is 1. The van der Waals surface area contributed by atoms with Gasteiger partial charge in [0, 0.05) is 31.7 Å². The van der Waals surface area contributed by atoms with E-state index in [9.17, 15) is 13.6 Å². The van der Waals surface area contributed by atoms with E-state index in [2.05, 4.69) is 15.3 Å². The molecule has 1 unspecified atom stereocenters. The second-order valence-corrected chi connectivity index (χ2v) is 7.16. The Balaban J connectivity index is 1.48. The summed E-state index contributed by atoms with van der Waals surface area (Å²) in [6.07, 6.45) is 3.84. The SMILES string of the molecule is O=c1c(Cl)c(NCC2CN(C3CC3)CCO2)cnn1-c1ccc(F)cc1F. The van der Waals surface area contributed by atoms with Crippen LogP contribution in [0.15, 0.2) is 29.2 Å². The van der Waals surface area contributed by atoms with Crippen molar-refractivity contribution in [3.63, 3.8) is 0 Å². The van der Waals surface area contributed by atoms with Crippen molar-refractivity contribution in [3.8, 4) is 5.69 Å². The van der Waals surface area contributed by atoms with Crippen LogP contribution in [0.1, 0.15) is 12.8 Å². The van der Waals surface area contributed by atoms with E-state index < -0.39 is 17.2 Å². The van der Waals surface area contributed by atoms with Crippen molar-refractivity contribution in [1.29, 1.82) is 0 Å². The van der Waals surface area contributed by atoms with Gasteiger partial charge in [-0.1, -0.05) is 11.6 Å². The molecule has 2 fully saturated rings. The zero-order valence-electron chi connectivity index (χ0n) is 14.5. The Bertz CT molecular complexity index is 903. The number of halogens is 3. The standard InChI is InChI=1S/C18H19ClF2N4O2/c19-17-15(22-8-13-10-24(5-6-27-13)12-2-3-12)9-23-25(18(17)26)16-4-1-11(20)7-14(16)21/h1,4,7,9,12-13,22H,2-3,5-6,8,10H2. The van der Waals surface area contributed by atoms with E-state index in [4.69, 9.17) is 16.3 Å². The van der Waals surface area contributed by atoms with Crippen LogP contribution in [-0.4, -0.2) is 53.1 Å². The molecule has 0 bridgehead atoms. The lowest BCUT2D eigenvalue weighted by atomic mass is 10.2. The molecule has 4 rings (SSSR count). The van der Waals surface area contributed by atoms with Crippen molar-refractivity contribution < 1.29 is 13.5 Å². The maximum absolute atomic E-state index is 13.9. The van der Waals surface area contributed by atoms with Gasteiger partial charge in [0.15, 0.2) is 5.82 Å². The third kappa shape index (κ3) is 3.97. The molecule has 27 heavy (non-hydrogen) atoms. The van der Waals surface area contributed by atoms with Gasteiger partial charge in [0.25, 0.3) is 5.56 Å². The minimum absolute atomic E-state index is 0.00705. The van der Waals surface area contributed by atoms with Gasteiger partial charge in [-0.05, 0) is 25.0 Å². The highest BCUT2D eigenvalue weighted by Gasteiger charge is 2.32. The number of anilines is 1. The van der Waals surface area contributed by atoms with E-state index in [0.29, 0.717) is 30.9 Å². The Morgan fingerprint density at radius 1 is 1.33 bits per heavy atom. The normalized spacial score (nSPS) is 20.6. The Kier molecular flexibility index (Phi) is 5.12. The van der Waals surface area contributed by atoms with Crippen LogP contribution in [0.4, 0.5) is 14.5 Å². The smallest absolute Gasteiger partial charge is 0.292 e. The van der Waals surface area contributed by atoms with Crippen LogP contribution in [0.25, 0.3) is 5.69 Å². The monoisotopic (exact) mass is 396 g/mol. The molecule has 2 aromatic rings. The Morgan fingerprint density at radius 3 is 2.89 bits per heavy atom. The summed E-state index contributed by atoms with van der Waals surface area (Å²) in [5.74, 6) is -1.63. The molecule has 1 aromatic carbocycles. The first-order valence-corrected chi connectivity index (χ1v) is 9.23. The average Bonchev–Trinajstić information content (AvgIpc) is 3.49. The lowest BCUT2D eigenvalue weighted by molar-refractivity contribution is -0.0241. The Labute approximate surface area is 159 Å². The molecule has 1 saturated carbocycles. The first-order valence-electron chi connectivity index (χ1n) is 8.85. The summed E-state index contributed by atoms with van der Waals surface area (Å²) < 4.78 is 33.6. The number of benzene rings is 1. The largest absolute Gasteiger partial charge is 0.380 e. The van der Waals surface area contributed by atoms with Crippen molar-refractivity contribution in [3.05, 3.63) is 51.4 Å². The van der Waals surface area contributed by atoms with Gasteiger partial charge in [-0.2, -0.15) is 9.78 Å². The van der Waals surface area contributed by atoms with Crippen LogP contribution in [0.5, 0.6) is 0 Å². The zero-order valence-corrected chi connectivity index (χ0v) is 15.3. The molecular formula is C18H19ClF2N4O2. The molecule has 1 atom stereocenters. The van der Waals surface area contributed by atoms with Crippen molar-refractivity contribution in [2.45, 2.75) is 25.0 Å². The van der Waals surface area contributed by atoms with E-state index in [-0.39, 0.29) is 16.8 Å². The van der Waals surface area contributed by atoms with Gasteiger partial charge in [0.05, 0.1) is 24.6 Å². The fourth-order valence-corrected chi connectivity index (χ4v) is 3.44. The quantitative estimate of drug-likeness (QED) is 0.841. The highest BCUT2D eigenvalue weighted by Crippen LogP contribution is 2.28. The van der Waals surface area contributed by atoms with E-state index in [1.807, 2.05) is 0 Å². The summed E-state index contributed by atoms with van der Waals surface area (Å²) in [5.41, 5.74) is -0.491. The van der Waals surface area contributed by atoms with E-state index >= 15 is 0 Å². The molecule has 2 aliphatic rings. The zero-order chi connectivity index (χ0) is 19.0. The first kappa shape index (κ1) is 18.3. The molecule has 0 amide bonds. The van der Waals surface area contributed by atoms with Crippen LogP contribution in [0, 0.1) is 11.6 Å². The van der Waals surface area contributed by atoms with Gasteiger partial charge in [0.2, 0.25) is 0 Å². The summed E-state index contributed by atoms with van der Waals surface area (Å²) in [4.78, 5) is 14.9. The van der Waals surface area contributed by atoms with Gasteiger partial charge in [-0.25, -0.2) is 8.78 Å². The van der Waals surface area contributed by atoms with Crippen LogP contribution < -0.4 is 10.9 Å². The van der Waals surface area contributed by atoms with Gasteiger partial charge in [-0.3, -0.25) is 9.69 Å². The highest BCUT2D eigenvalue weighted by atomic mass is 35.5. The maximum atomic E-state index is 13.9. The predicted octanol–water partition coefficient (Wildman–Crippen LogP) is 2.44. The van der Waals surface area contributed by atoms with Crippen molar-refractivity contribution in [2.24, 2.45) is 0 Å². The number of morpholine rings is 1. The summed E-state index contributed by atoms with van der Waals surface area (Å²) in [6.45, 7) is 2.95. The van der Waals surface area contributed by atoms with Gasteiger partial charge in [0.1, 0.15) is 16.5 Å².